The molecule has 3 heterocycles. The number of aromatic amines is 2. The van der Waals surface area contributed by atoms with E-state index in [4.69, 9.17) is 28.7 Å². The molecule has 2 aromatic carbocycles. The van der Waals surface area contributed by atoms with Gasteiger partial charge in [0.1, 0.15) is 48.3 Å². The highest BCUT2D eigenvalue weighted by Crippen LogP contribution is 2.23. The lowest BCUT2D eigenvalue weighted by atomic mass is 9.96. The maximum absolute atomic E-state index is 15.1. The van der Waals surface area contributed by atoms with Crippen molar-refractivity contribution in [3.05, 3.63) is 90.1 Å². The molecule has 0 unspecified atom stereocenters. The molecule has 28 heteroatoms. The number of H-pyrrole nitrogens is 2. The number of nitrogens with two attached hydrogens (primary N) is 5. The number of guanidine groups is 2. The number of amides is 8. The van der Waals surface area contributed by atoms with Crippen molar-refractivity contribution in [2.45, 2.75) is 153 Å². The van der Waals surface area contributed by atoms with E-state index in [9.17, 15) is 43.5 Å². The molecule has 0 bridgehead atoms. The standard InChI is InChI=1S/C57H84N18O10/c1-6-32(4)46(53(82)72-43(55(84)85)26-35-28-66-38-18-11-10-17-37(35)38)74-49(78)40(20-13-23-65-57(61)62)68-51(80)44-21-14-24-75(44)54(83)42(25-34-15-8-7-9-16-34)71-50(79)41(27-36-29-63-30-67-36)70-48(77)39(19-12-22-64-56(59)60)69-52(81)45(31(2)3)73-47(76)33(5)58/h7-11,15-18,28-33,39-46,66H,6,12-14,19-27,58H2,1-5H3,(H,63,67)(H,68,80)(H,69,81)(H,70,77)(H,71,79)(H,72,82)(H,73,76)(H,74,78)(H,84,85)(H4,59,60,64)(H4,61,62,65)/t32-,33-,39-,40-,41-,42-,43-,44-,45-,46-/m0/s1. The zero-order chi connectivity index (χ0) is 62.3. The number of benzene rings is 2. The van der Waals surface area contributed by atoms with E-state index in [1.165, 1.54) is 24.3 Å². The topological polar surface area (TPSA) is 461 Å². The molecule has 8 amide bonds. The van der Waals surface area contributed by atoms with E-state index < -0.39 is 119 Å². The van der Waals surface area contributed by atoms with Crippen LogP contribution in [0.15, 0.2) is 83.3 Å². The van der Waals surface area contributed by atoms with Gasteiger partial charge in [-0.05, 0) is 74.5 Å². The number of fused-ring (bicyclic) bond motifs is 1. The minimum atomic E-state index is -1.40. The SMILES string of the molecule is CC[C@H](C)[C@H](NC(=O)[C@H](CCCN=C(N)N)NC(=O)[C@@H]1CCCN1C(=O)[C@H](Cc1ccccc1)NC(=O)[C@H](Cc1cnc[nH]1)NC(=O)[C@H](CCCN=C(N)N)NC(=O)[C@@H](NC(=O)[C@H](C)N)C(C)C)C(=O)N[C@@H](Cc1c[nH]c2ccccc12)C(=O)O. The van der Waals surface area contributed by atoms with Crippen LogP contribution in [0.25, 0.3) is 10.9 Å². The summed E-state index contributed by atoms with van der Waals surface area (Å²) in [5.41, 5.74) is 30.5. The first kappa shape index (κ1) is 66.7. The molecule has 1 fully saturated rings. The molecule has 1 saturated heterocycles. The number of aliphatic imine (C=N–C) groups is 2. The minimum absolute atomic E-state index is 0.0147. The normalized spacial score (nSPS) is 16.2. The summed E-state index contributed by atoms with van der Waals surface area (Å²) in [6, 6.07) is 4.98. The van der Waals surface area contributed by atoms with Crippen molar-refractivity contribution in [1.82, 2.24) is 57.1 Å². The lowest BCUT2D eigenvalue weighted by Gasteiger charge is -2.31. The molecule has 28 nitrogen and oxygen atoms in total. The molecule has 5 rings (SSSR count). The Morgan fingerprint density at radius 3 is 1.82 bits per heavy atom. The van der Waals surface area contributed by atoms with Gasteiger partial charge in [0.15, 0.2) is 11.9 Å². The Balaban J connectivity index is 1.39. The van der Waals surface area contributed by atoms with Gasteiger partial charge >= 0.3 is 5.97 Å². The van der Waals surface area contributed by atoms with Gasteiger partial charge in [0.25, 0.3) is 0 Å². The predicted octanol–water partition coefficient (Wildman–Crippen LogP) is -1.46. The minimum Gasteiger partial charge on any atom is -0.480 e. The van der Waals surface area contributed by atoms with Gasteiger partial charge in [-0.3, -0.25) is 48.3 Å². The quantitative estimate of drug-likeness (QED) is 0.0147. The summed E-state index contributed by atoms with van der Waals surface area (Å²) >= 11 is 0. The number of carboxylic acids is 1. The van der Waals surface area contributed by atoms with Crippen molar-refractivity contribution >= 4 is 76.0 Å². The Hall–Kier alpha value is -9.08. The monoisotopic (exact) mass is 1180 g/mol. The van der Waals surface area contributed by atoms with Crippen LogP contribution in [-0.4, -0.2) is 164 Å². The van der Waals surface area contributed by atoms with Crippen LogP contribution in [0.5, 0.6) is 0 Å². The third kappa shape index (κ3) is 20.3. The molecular formula is C57H84N18O10. The van der Waals surface area contributed by atoms with Crippen LogP contribution >= 0.6 is 0 Å². The van der Waals surface area contributed by atoms with E-state index in [0.29, 0.717) is 29.7 Å². The molecule has 1 aliphatic heterocycles. The van der Waals surface area contributed by atoms with E-state index in [1.807, 2.05) is 24.3 Å². The molecular weight excluding hydrogens is 1100 g/mol. The van der Waals surface area contributed by atoms with Crippen molar-refractivity contribution in [1.29, 1.82) is 0 Å². The van der Waals surface area contributed by atoms with Gasteiger partial charge in [-0.25, -0.2) is 9.78 Å². The second kappa shape index (κ2) is 32.7. The largest absolute Gasteiger partial charge is 0.480 e. The molecule has 2 aromatic heterocycles. The third-order valence-corrected chi connectivity index (χ3v) is 14.7. The number of aliphatic carboxylic acids is 1. The lowest BCUT2D eigenvalue weighted by molar-refractivity contribution is -0.143. The second-order valence-corrected chi connectivity index (χ2v) is 21.7. The number of carboxylic acid groups (broad SMARTS) is 1. The average molecular weight is 1180 g/mol. The van der Waals surface area contributed by atoms with Crippen molar-refractivity contribution in [3.63, 3.8) is 0 Å². The van der Waals surface area contributed by atoms with Crippen molar-refractivity contribution in [2.75, 3.05) is 19.6 Å². The van der Waals surface area contributed by atoms with Gasteiger partial charge in [-0.15, -0.1) is 0 Å². The van der Waals surface area contributed by atoms with Crippen LogP contribution in [0.2, 0.25) is 0 Å². The van der Waals surface area contributed by atoms with Crippen LogP contribution < -0.4 is 65.9 Å². The fraction of sp³-hybridized carbons (Fsp3) is 0.509. The molecule has 20 N–H and O–H groups in total. The van der Waals surface area contributed by atoms with Crippen LogP contribution in [0.4, 0.5) is 0 Å². The molecule has 0 aliphatic carbocycles. The van der Waals surface area contributed by atoms with Gasteiger partial charge < -0.3 is 85.9 Å². The van der Waals surface area contributed by atoms with E-state index in [2.05, 4.69) is 62.2 Å². The van der Waals surface area contributed by atoms with E-state index in [0.717, 1.165) is 10.9 Å². The van der Waals surface area contributed by atoms with Crippen molar-refractivity contribution in [2.24, 2.45) is 50.5 Å². The summed E-state index contributed by atoms with van der Waals surface area (Å²) in [6.07, 6.45) is 5.49. The summed E-state index contributed by atoms with van der Waals surface area (Å²) in [5.74, 6) is -8.39. The molecule has 4 aromatic rings. The number of para-hydroxylation sites is 1. The highest BCUT2D eigenvalue weighted by Gasteiger charge is 2.41. The number of aromatic nitrogens is 3. The fourth-order valence-electron chi connectivity index (χ4n) is 9.75. The molecule has 0 saturated carbocycles. The van der Waals surface area contributed by atoms with Gasteiger partial charge in [-0.2, -0.15) is 0 Å². The smallest absolute Gasteiger partial charge is 0.326 e. The summed E-state index contributed by atoms with van der Waals surface area (Å²) in [5, 5.41) is 30.2. The lowest BCUT2D eigenvalue weighted by Crippen LogP contribution is -2.61. The first-order valence-corrected chi connectivity index (χ1v) is 28.6. The van der Waals surface area contributed by atoms with Crippen LogP contribution in [0, 0.1) is 11.8 Å². The molecule has 10 atom stereocenters. The Bertz CT molecular complexity index is 2960. The Labute approximate surface area is 493 Å². The zero-order valence-corrected chi connectivity index (χ0v) is 48.8. The first-order chi connectivity index (χ1) is 40.5. The number of carbonyl (C=O) groups excluding carboxylic acids is 8. The summed E-state index contributed by atoms with van der Waals surface area (Å²) in [6.45, 7) is 8.63. The molecule has 0 radical (unpaired) electrons. The number of imidazole rings is 1. The van der Waals surface area contributed by atoms with E-state index in [-0.39, 0.29) is 82.9 Å². The fourth-order valence-corrected chi connectivity index (χ4v) is 9.75. The van der Waals surface area contributed by atoms with Gasteiger partial charge in [0.2, 0.25) is 47.3 Å². The maximum atomic E-state index is 15.1. The molecule has 462 valence electrons. The zero-order valence-electron chi connectivity index (χ0n) is 48.8. The number of hydrogen-bond acceptors (Lipinski definition) is 13. The second-order valence-electron chi connectivity index (χ2n) is 21.7. The number of rotatable bonds is 33. The highest BCUT2D eigenvalue weighted by molar-refractivity contribution is 5.99. The van der Waals surface area contributed by atoms with Gasteiger partial charge in [0, 0.05) is 67.9 Å². The number of carbonyl (C=O) groups is 9. The Kier molecular flexibility index (Phi) is 25.7. The van der Waals surface area contributed by atoms with Gasteiger partial charge in [0.05, 0.1) is 12.4 Å². The number of nitrogens with zero attached hydrogens (tertiary/aromatic N) is 4. The predicted molar refractivity (Wildman–Crippen MR) is 318 cm³/mol. The van der Waals surface area contributed by atoms with Crippen LogP contribution in [0.3, 0.4) is 0 Å². The number of hydrogen-bond donors (Lipinski definition) is 15. The Morgan fingerprint density at radius 2 is 1.22 bits per heavy atom. The van der Waals surface area contributed by atoms with Crippen LogP contribution in [-0.2, 0) is 62.4 Å². The molecule has 0 spiro atoms. The average Bonchev–Trinajstić information content (AvgIpc) is 4.47. The van der Waals surface area contributed by atoms with Gasteiger partial charge in [-0.1, -0.05) is 82.6 Å². The highest BCUT2D eigenvalue weighted by atomic mass is 16.4. The van der Waals surface area contributed by atoms with Crippen molar-refractivity contribution in [3.8, 4) is 0 Å². The first-order valence-electron chi connectivity index (χ1n) is 28.6. The van der Waals surface area contributed by atoms with Crippen LogP contribution in [0.1, 0.15) is 96.4 Å². The maximum Gasteiger partial charge on any atom is 0.326 e. The third-order valence-electron chi connectivity index (χ3n) is 14.7. The number of likely N-dealkylation sites (tertiary alicyclic amines) is 1. The molecule has 85 heavy (non-hydrogen) atoms. The summed E-state index contributed by atoms with van der Waals surface area (Å²) in [4.78, 5) is 146. The Morgan fingerprint density at radius 1 is 0.659 bits per heavy atom. The summed E-state index contributed by atoms with van der Waals surface area (Å²) < 4.78 is 0. The summed E-state index contributed by atoms with van der Waals surface area (Å²) in [7, 11) is 0. The number of nitrogens with one attached hydrogen (secondary N) is 9. The molecule has 1 aliphatic rings. The van der Waals surface area contributed by atoms with Crippen molar-refractivity contribution < 1.29 is 48.3 Å². The van der Waals surface area contributed by atoms with E-state index >= 15 is 4.79 Å². The van der Waals surface area contributed by atoms with E-state index in [1.54, 1.807) is 64.2 Å².